The summed E-state index contributed by atoms with van der Waals surface area (Å²) in [5, 5.41) is 9.72. The van der Waals surface area contributed by atoms with Crippen molar-refractivity contribution in [1.82, 2.24) is 15.3 Å². The van der Waals surface area contributed by atoms with Crippen LogP contribution in [-0.2, 0) is 30.4 Å². The van der Waals surface area contributed by atoms with E-state index in [0.29, 0.717) is 18.5 Å². The van der Waals surface area contributed by atoms with Crippen molar-refractivity contribution in [2.24, 2.45) is 5.92 Å². The third-order valence-electron chi connectivity index (χ3n) is 3.89. The number of rotatable bonds is 13. The topological polar surface area (TPSA) is 146 Å². The van der Waals surface area contributed by atoms with Crippen LogP contribution in [0.15, 0.2) is 12.5 Å². The molecule has 28 heavy (non-hydrogen) atoms. The zero-order valence-corrected chi connectivity index (χ0v) is 16.7. The number of thioether (sulfide) groups is 1. The number of Topliss-reactive ketones (excluding diaryl/α,β-unsaturated/α-hetero) is 2. The maximum Gasteiger partial charge on any atom is 0.322 e. The van der Waals surface area contributed by atoms with Crippen LogP contribution >= 0.6 is 11.8 Å². The van der Waals surface area contributed by atoms with Crippen molar-refractivity contribution in [2.75, 3.05) is 6.54 Å². The van der Waals surface area contributed by atoms with E-state index in [1.54, 1.807) is 6.20 Å². The van der Waals surface area contributed by atoms with E-state index in [4.69, 9.17) is 5.11 Å². The van der Waals surface area contributed by atoms with Crippen molar-refractivity contribution in [3.8, 4) is 0 Å². The molecule has 0 saturated carbocycles. The number of carbonyl (C=O) groups excluding carboxylic acids is 4. The number of amides is 1. The van der Waals surface area contributed by atoms with Gasteiger partial charge in [0.25, 0.3) is 0 Å². The lowest BCUT2D eigenvalue weighted by atomic mass is 9.96. The number of aromatic nitrogens is 2. The van der Waals surface area contributed by atoms with Crippen molar-refractivity contribution in [3.63, 3.8) is 0 Å². The first-order valence-corrected chi connectivity index (χ1v) is 9.75. The Bertz CT molecular complexity index is 704. The molecule has 10 heteroatoms. The van der Waals surface area contributed by atoms with Crippen molar-refractivity contribution < 1.29 is 29.1 Å². The molecule has 0 saturated heterocycles. The van der Waals surface area contributed by atoms with Gasteiger partial charge in [-0.15, -0.1) is 0 Å². The van der Waals surface area contributed by atoms with Crippen LogP contribution in [0.3, 0.4) is 0 Å². The standard InChI is InChI=1S/C18H25N3O6S/c1-11(22)4-3-5-15(23)7-13(6-14-8-19-10-21-14)18(27)28-12(2)17(26)20-9-16(24)25/h8,10,12-13H,3-7,9H2,1-2H3,(H,19,21)(H,20,26)(H,24,25)/t12?,13-/m1/s1. The summed E-state index contributed by atoms with van der Waals surface area (Å²) in [7, 11) is 0. The van der Waals surface area contributed by atoms with E-state index in [1.165, 1.54) is 20.2 Å². The fourth-order valence-corrected chi connectivity index (χ4v) is 3.34. The Kier molecular flexibility index (Phi) is 10.1. The quantitative estimate of drug-likeness (QED) is 0.438. The minimum absolute atomic E-state index is 0.00617. The van der Waals surface area contributed by atoms with Gasteiger partial charge in [-0.1, -0.05) is 11.8 Å². The number of nitrogens with one attached hydrogen (secondary N) is 2. The van der Waals surface area contributed by atoms with E-state index in [9.17, 15) is 24.0 Å². The summed E-state index contributed by atoms with van der Waals surface area (Å²) in [5.41, 5.74) is 0.693. The van der Waals surface area contributed by atoms with E-state index < -0.39 is 29.6 Å². The Labute approximate surface area is 167 Å². The van der Waals surface area contributed by atoms with Gasteiger partial charge >= 0.3 is 5.97 Å². The normalized spacial score (nSPS) is 12.8. The first-order chi connectivity index (χ1) is 13.2. The van der Waals surface area contributed by atoms with Gasteiger partial charge in [-0.2, -0.15) is 0 Å². The Balaban J connectivity index is 2.68. The number of aromatic amines is 1. The van der Waals surface area contributed by atoms with E-state index in [2.05, 4.69) is 15.3 Å². The molecule has 0 aromatic carbocycles. The average molecular weight is 411 g/mol. The van der Waals surface area contributed by atoms with Crippen LogP contribution in [0.1, 0.15) is 45.2 Å². The third-order valence-corrected chi connectivity index (χ3v) is 5.02. The smallest absolute Gasteiger partial charge is 0.322 e. The zero-order chi connectivity index (χ0) is 21.1. The lowest BCUT2D eigenvalue weighted by Crippen LogP contribution is -2.36. The Morgan fingerprint density at radius 2 is 1.96 bits per heavy atom. The first-order valence-electron chi connectivity index (χ1n) is 8.87. The second-order valence-corrected chi connectivity index (χ2v) is 7.81. The van der Waals surface area contributed by atoms with Crippen LogP contribution in [0, 0.1) is 5.92 Å². The second-order valence-electron chi connectivity index (χ2n) is 6.47. The van der Waals surface area contributed by atoms with Gasteiger partial charge in [-0.05, 0) is 20.3 Å². The van der Waals surface area contributed by atoms with Crippen LogP contribution in [-0.4, -0.2) is 55.4 Å². The molecule has 0 fully saturated rings. The highest BCUT2D eigenvalue weighted by Gasteiger charge is 2.27. The molecule has 0 aliphatic carbocycles. The molecule has 0 bridgehead atoms. The predicted octanol–water partition coefficient (Wildman–Crippen LogP) is 1.14. The minimum atomic E-state index is -1.18. The molecule has 9 nitrogen and oxygen atoms in total. The molecule has 1 aromatic rings. The van der Waals surface area contributed by atoms with Crippen molar-refractivity contribution in [1.29, 1.82) is 0 Å². The molecule has 1 amide bonds. The summed E-state index contributed by atoms with van der Waals surface area (Å²) in [6.45, 7) is 2.44. The van der Waals surface area contributed by atoms with Gasteiger partial charge in [0.2, 0.25) is 5.91 Å². The molecule has 0 radical (unpaired) electrons. The number of hydrogen-bond acceptors (Lipinski definition) is 7. The predicted molar refractivity (Wildman–Crippen MR) is 103 cm³/mol. The van der Waals surface area contributed by atoms with E-state index in [0.717, 1.165) is 11.8 Å². The molecule has 0 spiro atoms. The molecule has 2 atom stereocenters. The van der Waals surface area contributed by atoms with Crippen LogP contribution < -0.4 is 5.32 Å². The second kappa shape index (κ2) is 12.1. The van der Waals surface area contributed by atoms with Gasteiger partial charge in [0, 0.05) is 43.5 Å². The number of hydrogen-bond donors (Lipinski definition) is 3. The molecule has 154 valence electrons. The van der Waals surface area contributed by atoms with E-state index in [-0.39, 0.29) is 35.9 Å². The summed E-state index contributed by atoms with van der Waals surface area (Å²) in [4.78, 5) is 65.1. The van der Waals surface area contributed by atoms with Gasteiger partial charge in [0.05, 0.1) is 11.6 Å². The average Bonchev–Trinajstić information content (AvgIpc) is 3.11. The van der Waals surface area contributed by atoms with E-state index >= 15 is 0 Å². The highest BCUT2D eigenvalue weighted by atomic mass is 32.2. The number of carboxylic acids is 1. The van der Waals surface area contributed by atoms with Gasteiger partial charge in [-0.25, -0.2) is 4.98 Å². The largest absolute Gasteiger partial charge is 0.480 e. The molecular weight excluding hydrogens is 386 g/mol. The number of ketones is 2. The molecule has 0 aliphatic heterocycles. The molecule has 3 N–H and O–H groups in total. The molecular formula is C18H25N3O6S. The number of nitrogens with zero attached hydrogens (tertiary/aromatic N) is 1. The van der Waals surface area contributed by atoms with Crippen LogP contribution in [0.25, 0.3) is 0 Å². The lowest BCUT2D eigenvalue weighted by molar-refractivity contribution is -0.137. The van der Waals surface area contributed by atoms with Crippen LogP contribution in [0.5, 0.6) is 0 Å². The number of carbonyl (C=O) groups is 5. The number of carboxylic acid groups (broad SMARTS) is 1. The highest BCUT2D eigenvalue weighted by Crippen LogP contribution is 2.24. The molecule has 1 heterocycles. The van der Waals surface area contributed by atoms with Crippen LogP contribution in [0.2, 0.25) is 0 Å². The van der Waals surface area contributed by atoms with E-state index in [1.807, 2.05) is 0 Å². The van der Waals surface area contributed by atoms with Gasteiger partial charge in [0.15, 0.2) is 5.12 Å². The molecule has 0 aliphatic rings. The monoisotopic (exact) mass is 411 g/mol. The number of imidazole rings is 1. The number of aliphatic carboxylic acids is 1. The molecule has 1 unspecified atom stereocenters. The zero-order valence-electron chi connectivity index (χ0n) is 15.9. The van der Waals surface area contributed by atoms with Crippen molar-refractivity contribution >= 4 is 40.3 Å². The SMILES string of the molecule is CC(=O)CCCC(=O)C[C@@H](Cc1cnc[nH]1)C(=O)SC(C)C(=O)NCC(=O)O. The highest BCUT2D eigenvalue weighted by molar-refractivity contribution is 8.14. The Morgan fingerprint density at radius 3 is 2.54 bits per heavy atom. The summed E-state index contributed by atoms with van der Waals surface area (Å²) in [6, 6.07) is 0. The summed E-state index contributed by atoms with van der Waals surface area (Å²) >= 11 is 0.776. The van der Waals surface area contributed by atoms with Gasteiger partial charge < -0.3 is 20.2 Å². The van der Waals surface area contributed by atoms with Crippen molar-refractivity contribution in [3.05, 3.63) is 18.2 Å². The third kappa shape index (κ3) is 9.45. The summed E-state index contributed by atoms with van der Waals surface area (Å²) in [6.07, 6.45) is 4.29. The Morgan fingerprint density at radius 1 is 1.25 bits per heavy atom. The van der Waals surface area contributed by atoms with Crippen molar-refractivity contribution in [2.45, 2.75) is 51.2 Å². The van der Waals surface area contributed by atoms with Crippen LogP contribution in [0.4, 0.5) is 0 Å². The minimum Gasteiger partial charge on any atom is -0.480 e. The van der Waals surface area contributed by atoms with Gasteiger partial charge in [-0.3, -0.25) is 19.2 Å². The maximum atomic E-state index is 12.7. The molecule has 1 rings (SSSR count). The lowest BCUT2D eigenvalue weighted by Gasteiger charge is -2.16. The molecule has 1 aromatic heterocycles. The maximum absolute atomic E-state index is 12.7. The number of H-pyrrole nitrogens is 1. The fraction of sp³-hybridized carbons (Fsp3) is 0.556. The van der Waals surface area contributed by atoms with Gasteiger partial charge in [0.1, 0.15) is 18.1 Å². The Hall–Kier alpha value is -2.49. The summed E-state index contributed by atoms with van der Waals surface area (Å²) in [5.74, 6) is -2.50. The summed E-state index contributed by atoms with van der Waals surface area (Å²) < 4.78 is 0. The first kappa shape index (κ1) is 23.5. The fourth-order valence-electron chi connectivity index (χ4n) is 2.44.